The molecule has 1 heterocycles. The molecule has 0 aliphatic carbocycles. The fraction of sp³-hybridized carbons (Fsp3) is 0.300. The molecule has 0 N–H and O–H groups in total. The smallest absolute Gasteiger partial charge is 0.310 e. The van der Waals surface area contributed by atoms with Crippen LogP contribution >= 0.6 is 0 Å². The lowest BCUT2D eigenvalue weighted by Crippen LogP contribution is -2.25. The molecule has 0 amide bonds. The number of hydrogen-bond acceptors (Lipinski definition) is 6. The first-order valence-electron chi connectivity index (χ1n) is 8.33. The van der Waals surface area contributed by atoms with Crippen LogP contribution in [0.1, 0.15) is 22.8 Å². The molecule has 6 nitrogen and oxygen atoms in total. The lowest BCUT2D eigenvalue weighted by molar-refractivity contribution is -0.145. The molecule has 2 aromatic carbocycles. The topological polar surface area (TPSA) is 71.1 Å². The van der Waals surface area contributed by atoms with E-state index in [1.807, 2.05) is 0 Å². The second-order valence-corrected chi connectivity index (χ2v) is 5.88. The first-order valence-corrected chi connectivity index (χ1v) is 8.33. The van der Waals surface area contributed by atoms with Crippen LogP contribution in [0.3, 0.4) is 0 Å². The van der Waals surface area contributed by atoms with E-state index in [4.69, 9.17) is 18.9 Å². The SMILES string of the molecule is COc1ccc(C(=O)[C@@H](C)OC(=O)Cc2ccc3c(c2)OCCO3)cc1. The van der Waals surface area contributed by atoms with E-state index in [1.165, 1.54) is 0 Å². The van der Waals surface area contributed by atoms with Gasteiger partial charge in [-0.05, 0) is 48.9 Å². The fourth-order valence-electron chi connectivity index (χ4n) is 2.65. The highest BCUT2D eigenvalue weighted by Crippen LogP contribution is 2.31. The standard InChI is InChI=1S/C20H20O6/c1-13(20(22)15-4-6-16(23-2)7-5-15)26-19(21)12-14-3-8-17-18(11-14)25-10-9-24-17/h3-8,11,13H,9-10,12H2,1-2H3/t13-/m1/s1. The van der Waals surface area contributed by atoms with Crippen molar-refractivity contribution in [2.45, 2.75) is 19.4 Å². The first kappa shape index (κ1) is 17.8. The van der Waals surface area contributed by atoms with Crippen LogP contribution in [-0.2, 0) is 16.0 Å². The van der Waals surface area contributed by atoms with Crippen molar-refractivity contribution >= 4 is 11.8 Å². The highest BCUT2D eigenvalue weighted by Gasteiger charge is 2.20. The summed E-state index contributed by atoms with van der Waals surface area (Å²) in [6, 6.07) is 12.0. The van der Waals surface area contributed by atoms with Crippen LogP contribution < -0.4 is 14.2 Å². The number of hydrogen-bond donors (Lipinski definition) is 0. The zero-order valence-electron chi connectivity index (χ0n) is 14.7. The van der Waals surface area contributed by atoms with Crippen molar-refractivity contribution in [2.75, 3.05) is 20.3 Å². The summed E-state index contributed by atoms with van der Waals surface area (Å²) in [6.07, 6.45) is -0.815. The average Bonchev–Trinajstić information content (AvgIpc) is 2.67. The number of carbonyl (C=O) groups is 2. The Bertz CT molecular complexity index is 796. The second-order valence-electron chi connectivity index (χ2n) is 5.88. The van der Waals surface area contributed by atoms with Gasteiger partial charge >= 0.3 is 5.97 Å². The monoisotopic (exact) mass is 356 g/mol. The minimum absolute atomic E-state index is 0.0525. The number of methoxy groups -OCH3 is 1. The minimum Gasteiger partial charge on any atom is -0.497 e. The van der Waals surface area contributed by atoms with Crippen molar-refractivity contribution in [1.82, 2.24) is 0 Å². The van der Waals surface area contributed by atoms with Gasteiger partial charge in [0, 0.05) is 5.56 Å². The predicted octanol–water partition coefficient (Wildman–Crippen LogP) is 2.82. The molecule has 2 aromatic rings. The van der Waals surface area contributed by atoms with Crippen molar-refractivity contribution in [2.24, 2.45) is 0 Å². The van der Waals surface area contributed by atoms with Gasteiger partial charge in [0.25, 0.3) is 0 Å². The van der Waals surface area contributed by atoms with E-state index >= 15 is 0 Å². The van der Waals surface area contributed by atoms with Gasteiger partial charge < -0.3 is 18.9 Å². The van der Waals surface area contributed by atoms with E-state index in [2.05, 4.69) is 0 Å². The Kier molecular flexibility index (Phi) is 5.41. The van der Waals surface area contributed by atoms with Gasteiger partial charge in [-0.25, -0.2) is 0 Å². The molecule has 3 rings (SSSR count). The Morgan fingerprint density at radius 2 is 1.73 bits per heavy atom. The van der Waals surface area contributed by atoms with Crippen molar-refractivity contribution in [3.8, 4) is 17.2 Å². The summed E-state index contributed by atoms with van der Waals surface area (Å²) in [5.41, 5.74) is 1.20. The summed E-state index contributed by atoms with van der Waals surface area (Å²) in [5.74, 6) is 1.20. The largest absolute Gasteiger partial charge is 0.497 e. The third-order valence-electron chi connectivity index (χ3n) is 4.01. The summed E-state index contributed by atoms with van der Waals surface area (Å²) in [5, 5.41) is 0. The molecule has 0 bridgehead atoms. The molecule has 136 valence electrons. The van der Waals surface area contributed by atoms with Gasteiger partial charge in [0.15, 0.2) is 17.6 Å². The summed E-state index contributed by atoms with van der Waals surface area (Å²) in [4.78, 5) is 24.5. The Morgan fingerprint density at radius 3 is 2.42 bits per heavy atom. The molecule has 1 atom stereocenters. The molecule has 0 saturated carbocycles. The lowest BCUT2D eigenvalue weighted by Gasteiger charge is -2.19. The minimum atomic E-state index is -0.867. The summed E-state index contributed by atoms with van der Waals surface area (Å²) in [7, 11) is 1.55. The summed E-state index contributed by atoms with van der Waals surface area (Å²) in [6.45, 7) is 2.56. The van der Waals surface area contributed by atoms with Crippen LogP contribution in [-0.4, -0.2) is 38.2 Å². The van der Waals surface area contributed by atoms with E-state index in [0.717, 1.165) is 5.56 Å². The van der Waals surface area contributed by atoms with E-state index in [1.54, 1.807) is 56.5 Å². The molecule has 0 fully saturated rings. The zero-order chi connectivity index (χ0) is 18.5. The van der Waals surface area contributed by atoms with E-state index in [0.29, 0.717) is 36.0 Å². The molecule has 26 heavy (non-hydrogen) atoms. The lowest BCUT2D eigenvalue weighted by atomic mass is 10.1. The Labute approximate surface area is 151 Å². The molecule has 6 heteroatoms. The van der Waals surface area contributed by atoms with Gasteiger partial charge in [0.1, 0.15) is 19.0 Å². The number of ether oxygens (including phenoxy) is 4. The van der Waals surface area contributed by atoms with Crippen molar-refractivity contribution in [3.63, 3.8) is 0 Å². The van der Waals surface area contributed by atoms with Crippen molar-refractivity contribution < 1.29 is 28.5 Å². The van der Waals surface area contributed by atoms with Crippen molar-refractivity contribution in [3.05, 3.63) is 53.6 Å². The highest BCUT2D eigenvalue weighted by atomic mass is 16.6. The van der Waals surface area contributed by atoms with Gasteiger partial charge in [0.2, 0.25) is 5.78 Å². The third-order valence-corrected chi connectivity index (χ3v) is 4.01. The normalized spacial score (nSPS) is 13.6. The van der Waals surface area contributed by atoms with Gasteiger partial charge in [-0.15, -0.1) is 0 Å². The number of fused-ring (bicyclic) bond motifs is 1. The highest BCUT2D eigenvalue weighted by molar-refractivity contribution is 6.00. The Morgan fingerprint density at radius 1 is 1.04 bits per heavy atom. The number of rotatable bonds is 6. The maximum Gasteiger partial charge on any atom is 0.310 e. The molecule has 0 radical (unpaired) electrons. The third kappa shape index (κ3) is 4.14. The number of ketones is 1. The molecule has 1 aliphatic heterocycles. The van der Waals surface area contributed by atoms with Crippen LogP contribution in [0.25, 0.3) is 0 Å². The quantitative estimate of drug-likeness (QED) is 0.585. The van der Waals surface area contributed by atoms with E-state index < -0.39 is 12.1 Å². The van der Waals surface area contributed by atoms with Gasteiger partial charge in [0.05, 0.1) is 13.5 Å². The maximum atomic E-state index is 12.4. The van der Waals surface area contributed by atoms with Gasteiger partial charge in [-0.2, -0.15) is 0 Å². The Hall–Kier alpha value is -3.02. The van der Waals surface area contributed by atoms with Crippen LogP contribution in [0, 0.1) is 0 Å². The first-order chi connectivity index (χ1) is 12.6. The van der Waals surface area contributed by atoms with Crippen LogP contribution in [0.5, 0.6) is 17.2 Å². The molecular formula is C20H20O6. The summed E-state index contributed by atoms with van der Waals surface area (Å²) < 4.78 is 21.3. The van der Waals surface area contributed by atoms with Crippen molar-refractivity contribution in [1.29, 1.82) is 0 Å². The maximum absolute atomic E-state index is 12.4. The number of benzene rings is 2. The molecule has 0 aromatic heterocycles. The zero-order valence-corrected chi connectivity index (χ0v) is 14.7. The predicted molar refractivity (Wildman–Crippen MR) is 94.0 cm³/mol. The van der Waals surface area contributed by atoms with Gasteiger partial charge in [-0.3, -0.25) is 9.59 Å². The number of esters is 1. The number of Topliss-reactive ketones (excluding diaryl/α,β-unsaturated/α-hetero) is 1. The van der Waals surface area contributed by atoms with E-state index in [9.17, 15) is 9.59 Å². The van der Waals surface area contributed by atoms with E-state index in [-0.39, 0.29) is 12.2 Å². The molecular weight excluding hydrogens is 336 g/mol. The Balaban J connectivity index is 1.59. The van der Waals surface area contributed by atoms with Crippen LogP contribution in [0.2, 0.25) is 0 Å². The summed E-state index contributed by atoms with van der Waals surface area (Å²) >= 11 is 0. The molecule has 0 unspecified atom stereocenters. The molecule has 1 aliphatic rings. The fourth-order valence-corrected chi connectivity index (χ4v) is 2.65. The second kappa shape index (κ2) is 7.91. The molecule has 0 spiro atoms. The van der Waals surface area contributed by atoms with Gasteiger partial charge in [-0.1, -0.05) is 6.07 Å². The molecule has 0 saturated heterocycles. The number of carbonyl (C=O) groups excluding carboxylic acids is 2. The van der Waals surface area contributed by atoms with Crippen LogP contribution in [0.4, 0.5) is 0 Å². The van der Waals surface area contributed by atoms with Crippen LogP contribution in [0.15, 0.2) is 42.5 Å². The average molecular weight is 356 g/mol.